The molecule has 2 aliphatic rings. The molecule has 6 nitrogen and oxygen atoms in total. The minimum absolute atomic E-state index is 0. The molecule has 2 fully saturated rings. The second-order valence-corrected chi connectivity index (χ2v) is 9.78. The van der Waals surface area contributed by atoms with Gasteiger partial charge in [0.05, 0.1) is 4.90 Å². The number of benzene rings is 1. The van der Waals surface area contributed by atoms with Gasteiger partial charge in [-0.15, -0.1) is 12.4 Å². The summed E-state index contributed by atoms with van der Waals surface area (Å²) in [5.74, 6) is 0.690. The number of nitrogens with zero attached hydrogens (tertiary/aromatic N) is 2. The molecule has 1 N–H and O–H groups in total. The Kier molecular flexibility index (Phi) is 7.30. The van der Waals surface area contributed by atoms with Gasteiger partial charge in [-0.25, -0.2) is 8.42 Å². The van der Waals surface area contributed by atoms with Crippen LogP contribution in [0, 0.1) is 11.8 Å². The number of sulfonamides is 1. The molecule has 0 spiro atoms. The van der Waals surface area contributed by atoms with Crippen LogP contribution in [-0.4, -0.2) is 62.3 Å². The van der Waals surface area contributed by atoms with E-state index in [0.717, 1.165) is 19.5 Å². The minimum Gasteiger partial charge on any atom is -0.333 e. The number of hydrogen-bond acceptors (Lipinski definition) is 4. The van der Waals surface area contributed by atoms with Gasteiger partial charge in [-0.2, -0.15) is 4.31 Å². The summed E-state index contributed by atoms with van der Waals surface area (Å²) in [5.41, 5.74) is 0.540. The summed E-state index contributed by atoms with van der Waals surface area (Å²) in [5, 5.41) is 3.26. The van der Waals surface area contributed by atoms with Gasteiger partial charge in [0, 0.05) is 44.3 Å². The van der Waals surface area contributed by atoms with Gasteiger partial charge in [-0.05, 0) is 49.4 Å². The molecule has 1 aromatic carbocycles. The molecule has 8 heteroatoms. The summed E-state index contributed by atoms with van der Waals surface area (Å²) in [4.78, 5) is 14.8. The molecule has 0 bridgehead atoms. The van der Waals surface area contributed by atoms with Crippen LogP contribution in [0.5, 0.6) is 0 Å². The third-order valence-corrected chi connectivity index (χ3v) is 7.18. The third kappa shape index (κ3) is 4.83. The second kappa shape index (κ2) is 8.90. The SMILES string of the molecule is CC1CC(C)CN(S(=O)(=O)c2ccc(C(=O)N3CCNC[C@@H]3C)cc2)C1.Cl. The van der Waals surface area contributed by atoms with Crippen LogP contribution in [0.15, 0.2) is 29.2 Å². The first-order valence-corrected chi connectivity index (χ1v) is 10.8. The van der Waals surface area contributed by atoms with E-state index in [-0.39, 0.29) is 29.3 Å². The predicted octanol–water partition coefficient (Wildman–Crippen LogP) is 2.21. The fraction of sp³-hybridized carbons (Fsp3) is 0.632. The molecule has 1 amide bonds. The van der Waals surface area contributed by atoms with Gasteiger partial charge in [0.2, 0.25) is 10.0 Å². The molecule has 2 aliphatic heterocycles. The Labute approximate surface area is 168 Å². The molecule has 3 rings (SSSR count). The van der Waals surface area contributed by atoms with Crippen LogP contribution in [0.3, 0.4) is 0 Å². The molecule has 27 heavy (non-hydrogen) atoms. The maximum Gasteiger partial charge on any atom is 0.254 e. The van der Waals surface area contributed by atoms with Crippen LogP contribution >= 0.6 is 12.4 Å². The zero-order valence-electron chi connectivity index (χ0n) is 16.2. The van der Waals surface area contributed by atoms with E-state index >= 15 is 0 Å². The molecule has 0 aliphatic carbocycles. The summed E-state index contributed by atoms with van der Waals surface area (Å²) in [6.45, 7) is 9.56. The highest BCUT2D eigenvalue weighted by Gasteiger charge is 2.32. The monoisotopic (exact) mass is 415 g/mol. The average Bonchev–Trinajstić information content (AvgIpc) is 2.61. The van der Waals surface area contributed by atoms with E-state index in [0.29, 0.717) is 37.0 Å². The molecule has 3 atom stereocenters. The minimum atomic E-state index is -3.51. The van der Waals surface area contributed by atoms with Crippen molar-refractivity contribution in [1.82, 2.24) is 14.5 Å². The number of piperidine rings is 1. The van der Waals surface area contributed by atoms with Crippen molar-refractivity contribution >= 4 is 28.3 Å². The van der Waals surface area contributed by atoms with Crippen LogP contribution in [0.2, 0.25) is 0 Å². The van der Waals surface area contributed by atoms with E-state index < -0.39 is 10.0 Å². The van der Waals surface area contributed by atoms with E-state index in [1.54, 1.807) is 28.6 Å². The number of hydrogen-bond donors (Lipinski definition) is 1. The van der Waals surface area contributed by atoms with Crippen molar-refractivity contribution in [3.63, 3.8) is 0 Å². The van der Waals surface area contributed by atoms with Gasteiger partial charge in [0.25, 0.3) is 5.91 Å². The van der Waals surface area contributed by atoms with Crippen molar-refractivity contribution in [3.8, 4) is 0 Å². The number of halogens is 1. The van der Waals surface area contributed by atoms with E-state index in [9.17, 15) is 13.2 Å². The first-order chi connectivity index (χ1) is 12.3. The van der Waals surface area contributed by atoms with E-state index in [2.05, 4.69) is 19.2 Å². The summed E-state index contributed by atoms with van der Waals surface area (Å²) >= 11 is 0. The van der Waals surface area contributed by atoms with Crippen molar-refractivity contribution in [3.05, 3.63) is 29.8 Å². The van der Waals surface area contributed by atoms with E-state index in [4.69, 9.17) is 0 Å². The average molecular weight is 416 g/mol. The molecule has 1 aromatic rings. The number of carbonyl (C=O) groups is 1. The van der Waals surface area contributed by atoms with Gasteiger partial charge in [0.1, 0.15) is 0 Å². The van der Waals surface area contributed by atoms with Crippen molar-refractivity contribution in [2.75, 3.05) is 32.7 Å². The van der Waals surface area contributed by atoms with Gasteiger partial charge < -0.3 is 10.2 Å². The van der Waals surface area contributed by atoms with Crippen molar-refractivity contribution in [2.45, 2.75) is 38.1 Å². The Balaban J connectivity index is 0.00000261. The van der Waals surface area contributed by atoms with Gasteiger partial charge in [-0.1, -0.05) is 13.8 Å². The van der Waals surface area contributed by atoms with Gasteiger partial charge in [-0.3, -0.25) is 4.79 Å². The van der Waals surface area contributed by atoms with Crippen LogP contribution in [0.25, 0.3) is 0 Å². The van der Waals surface area contributed by atoms with E-state index in [1.165, 1.54) is 0 Å². The Morgan fingerprint density at radius 1 is 1.07 bits per heavy atom. The van der Waals surface area contributed by atoms with Crippen LogP contribution in [-0.2, 0) is 10.0 Å². The number of nitrogens with one attached hydrogen (secondary N) is 1. The maximum absolute atomic E-state index is 12.9. The molecule has 2 unspecified atom stereocenters. The summed E-state index contributed by atoms with van der Waals surface area (Å²) in [6.07, 6.45) is 1.06. The predicted molar refractivity (Wildman–Crippen MR) is 109 cm³/mol. The Morgan fingerprint density at radius 3 is 2.22 bits per heavy atom. The van der Waals surface area contributed by atoms with Crippen molar-refractivity contribution in [1.29, 1.82) is 0 Å². The quantitative estimate of drug-likeness (QED) is 0.821. The Hall–Kier alpha value is -1.15. The first kappa shape index (κ1) is 22.1. The molecule has 152 valence electrons. The molecule has 0 aromatic heterocycles. The highest BCUT2D eigenvalue weighted by Crippen LogP contribution is 2.27. The lowest BCUT2D eigenvalue weighted by Crippen LogP contribution is -2.52. The number of rotatable bonds is 3. The molecular weight excluding hydrogens is 386 g/mol. The van der Waals surface area contributed by atoms with Gasteiger partial charge in [0.15, 0.2) is 0 Å². The molecule has 0 radical (unpaired) electrons. The summed E-state index contributed by atoms with van der Waals surface area (Å²) in [6, 6.07) is 6.55. The molecular formula is C19H30ClN3O3S. The lowest BCUT2D eigenvalue weighted by atomic mass is 9.94. The maximum atomic E-state index is 12.9. The highest BCUT2D eigenvalue weighted by molar-refractivity contribution is 7.89. The van der Waals surface area contributed by atoms with Crippen molar-refractivity contribution in [2.24, 2.45) is 11.8 Å². The highest BCUT2D eigenvalue weighted by atomic mass is 35.5. The summed E-state index contributed by atoms with van der Waals surface area (Å²) in [7, 11) is -3.51. The summed E-state index contributed by atoms with van der Waals surface area (Å²) < 4.78 is 27.5. The van der Waals surface area contributed by atoms with E-state index in [1.807, 2.05) is 11.8 Å². The smallest absolute Gasteiger partial charge is 0.254 e. The Bertz CT molecular complexity index is 744. The molecule has 2 saturated heterocycles. The molecule has 0 saturated carbocycles. The third-order valence-electron chi connectivity index (χ3n) is 5.34. The van der Waals surface area contributed by atoms with Crippen LogP contribution < -0.4 is 5.32 Å². The van der Waals surface area contributed by atoms with Crippen molar-refractivity contribution < 1.29 is 13.2 Å². The topological polar surface area (TPSA) is 69.7 Å². The fourth-order valence-electron chi connectivity index (χ4n) is 4.03. The largest absolute Gasteiger partial charge is 0.333 e. The number of piperazine rings is 1. The standard InChI is InChI=1S/C19H29N3O3S.ClH/c1-14-10-15(2)13-21(12-14)26(24,25)18-6-4-17(5-7-18)19(23)22-9-8-20-11-16(22)3;/h4-7,14-16,20H,8-13H2,1-3H3;1H/t14?,15?,16-;/m0./s1. The van der Waals surface area contributed by atoms with Crippen LogP contribution in [0.1, 0.15) is 37.6 Å². The normalized spacial score (nSPS) is 27.1. The molecule has 2 heterocycles. The lowest BCUT2D eigenvalue weighted by molar-refractivity contribution is 0.0655. The number of amides is 1. The zero-order chi connectivity index (χ0) is 18.9. The van der Waals surface area contributed by atoms with Gasteiger partial charge >= 0.3 is 0 Å². The lowest BCUT2D eigenvalue weighted by Gasteiger charge is -2.34. The number of carbonyl (C=O) groups excluding carboxylic acids is 1. The Morgan fingerprint density at radius 2 is 1.67 bits per heavy atom. The zero-order valence-corrected chi connectivity index (χ0v) is 17.9. The second-order valence-electron chi connectivity index (χ2n) is 7.84. The van der Waals surface area contributed by atoms with Crippen LogP contribution in [0.4, 0.5) is 0 Å². The first-order valence-electron chi connectivity index (χ1n) is 9.41. The fourth-order valence-corrected chi connectivity index (χ4v) is 5.71.